The van der Waals surface area contributed by atoms with Crippen molar-refractivity contribution in [2.75, 3.05) is 32.7 Å². The van der Waals surface area contributed by atoms with Gasteiger partial charge in [-0.05, 0) is 55.0 Å². The Kier molecular flexibility index (Phi) is 6.17. The van der Waals surface area contributed by atoms with Gasteiger partial charge in [0.2, 0.25) is 0 Å². The molecular weight excluding hydrogens is 318 g/mol. The summed E-state index contributed by atoms with van der Waals surface area (Å²) < 4.78 is 0. The van der Waals surface area contributed by atoms with E-state index in [0.29, 0.717) is 17.8 Å². The van der Waals surface area contributed by atoms with Crippen LogP contribution in [0.4, 0.5) is 4.79 Å². The number of rotatable bonds is 4. The molecule has 0 bridgehead atoms. The summed E-state index contributed by atoms with van der Waals surface area (Å²) in [7, 11) is 0. The number of nitrogens with zero attached hydrogens (tertiary/aromatic N) is 2. The smallest absolute Gasteiger partial charge is 0.317 e. The molecule has 0 radical (unpaired) electrons. The van der Waals surface area contributed by atoms with E-state index in [-0.39, 0.29) is 6.03 Å². The third kappa shape index (κ3) is 4.96. The number of piperidine rings is 2. The van der Waals surface area contributed by atoms with Gasteiger partial charge in [-0.25, -0.2) is 4.79 Å². The summed E-state index contributed by atoms with van der Waals surface area (Å²) in [5.41, 5.74) is 0. The van der Waals surface area contributed by atoms with Gasteiger partial charge < -0.3 is 10.2 Å². The predicted octanol–water partition coefficient (Wildman–Crippen LogP) is 3.65. The fourth-order valence-corrected chi connectivity index (χ4v) is 5.00. The van der Waals surface area contributed by atoms with E-state index in [1.807, 2.05) is 16.2 Å². The molecule has 3 rings (SSSR count). The van der Waals surface area contributed by atoms with E-state index in [4.69, 9.17) is 0 Å². The first-order chi connectivity index (χ1) is 11.6. The van der Waals surface area contributed by atoms with E-state index in [0.717, 1.165) is 32.7 Å². The maximum atomic E-state index is 12.5. The van der Waals surface area contributed by atoms with Gasteiger partial charge in [-0.15, -0.1) is 11.3 Å². The van der Waals surface area contributed by atoms with Crippen molar-refractivity contribution in [3.8, 4) is 0 Å². The molecule has 24 heavy (non-hydrogen) atoms. The van der Waals surface area contributed by atoms with E-state index in [9.17, 15) is 4.79 Å². The second kappa shape index (κ2) is 8.34. The second-order valence-corrected chi connectivity index (χ2v) is 8.89. The summed E-state index contributed by atoms with van der Waals surface area (Å²) in [5, 5.41) is 5.36. The van der Waals surface area contributed by atoms with Crippen LogP contribution in [0.2, 0.25) is 0 Å². The van der Waals surface area contributed by atoms with E-state index >= 15 is 0 Å². The van der Waals surface area contributed by atoms with Crippen LogP contribution < -0.4 is 5.32 Å². The zero-order chi connectivity index (χ0) is 16.9. The molecule has 3 unspecified atom stereocenters. The monoisotopic (exact) mass is 349 g/mol. The lowest BCUT2D eigenvalue weighted by molar-refractivity contribution is 0.137. The first kappa shape index (κ1) is 17.7. The largest absolute Gasteiger partial charge is 0.338 e. The highest BCUT2D eigenvalue weighted by molar-refractivity contribution is 7.09. The molecule has 2 saturated heterocycles. The molecule has 5 heteroatoms. The second-order valence-electron chi connectivity index (χ2n) is 7.86. The van der Waals surface area contributed by atoms with E-state index in [1.165, 1.54) is 30.7 Å². The van der Waals surface area contributed by atoms with Gasteiger partial charge in [-0.1, -0.05) is 19.9 Å². The summed E-state index contributed by atoms with van der Waals surface area (Å²) in [6, 6.07) is 4.49. The first-order valence-corrected chi connectivity index (χ1v) is 10.3. The average molecular weight is 350 g/mol. The standard InChI is InChI=1S/C19H31N3OS/c1-15-9-16(2)12-22(11-15)19(23)20-10-17-5-3-7-21(13-17)14-18-6-4-8-24-18/h4,6,8,15-17H,3,5,7,9-14H2,1-2H3,(H,20,23). The molecule has 0 saturated carbocycles. The lowest BCUT2D eigenvalue weighted by atomic mass is 9.92. The SMILES string of the molecule is CC1CC(C)CN(C(=O)NCC2CCCN(Cc3cccs3)C2)C1. The first-order valence-electron chi connectivity index (χ1n) is 9.37. The number of nitrogens with one attached hydrogen (secondary N) is 1. The van der Waals surface area contributed by atoms with E-state index in [2.05, 4.69) is 41.6 Å². The normalized spacial score (nSPS) is 28.8. The highest BCUT2D eigenvalue weighted by Crippen LogP contribution is 2.22. The molecule has 2 aliphatic heterocycles. The molecule has 2 amide bonds. The summed E-state index contributed by atoms with van der Waals surface area (Å²) in [6.07, 6.45) is 3.71. The van der Waals surface area contributed by atoms with Crippen molar-refractivity contribution in [2.24, 2.45) is 17.8 Å². The van der Waals surface area contributed by atoms with E-state index < -0.39 is 0 Å². The third-order valence-corrected chi connectivity index (χ3v) is 6.12. The van der Waals surface area contributed by atoms with Gasteiger partial charge in [0.05, 0.1) is 0 Å². The average Bonchev–Trinajstić information content (AvgIpc) is 3.05. The Labute approximate surface area is 150 Å². The zero-order valence-electron chi connectivity index (χ0n) is 15.0. The molecule has 1 N–H and O–H groups in total. The number of hydrogen-bond acceptors (Lipinski definition) is 3. The van der Waals surface area contributed by atoms with Gasteiger partial charge in [0.25, 0.3) is 0 Å². The maximum absolute atomic E-state index is 12.5. The van der Waals surface area contributed by atoms with Crippen LogP contribution in [0, 0.1) is 17.8 Å². The third-order valence-electron chi connectivity index (χ3n) is 5.26. The number of carbonyl (C=O) groups is 1. The Morgan fingerprint density at radius 2 is 2.08 bits per heavy atom. The van der Waals surface area contributed by atoms with Crippen LogP contribution in [0.3, 0.4) is 0 Å². The van der Waals surface area contributed by atoms with Crippen LogP contribution in [-0.4, -0.2) is 48.6 Å². The zero-order valence-corrected chi connectivity index (χ0v) is 15.9. The van der Waals surface area contributed by atoms with Crippen molar-refractivity contribution in [3.05, 3.63) is 22.4 Å². The quantitative estimate of drug-likeness (QED) is 0.901. The highest BCUT2D eigenvalue weighted by Gasteiger charge is 2.26. The van der Waals surface area contributed by atoms with Crippen LogP contribution in [0.1, 0.15) is 38.0 Å². The van der Waals surface area contributed by atoms with E-state index in [1.54, 1.807) is 0 Å². The van der Waals surface area contributed by atoms with Gasteiger partial charge in [0.1, 0.15) is 0 Å². The van der Waals surface area contributed by atoms with Crippen molar-refractivity contribution < 1.29 is 4.79 Å². The highest BCUT2D eigenvalue weighted by atomic mass is 32.1. The summed E-state index contributed by atoms with van der Waals surface area (Å²) >= 11 is 1.84. The minimum atomic E-state index is 0.142. The Balaban J connectivity index is 1.43. The number of hydrogen-bond donors (Lipinski definition) is 1. The minimum Gasteiger partial charge on any atom is -0.338 e. The van der Waals surface area contributed by atoms with Crippen LogP contribution >= 0.6 is 11.3 Å². The molecule has 3 heterocycles. The molecular formula is C19H31N3OS. The van der Waals surface area contributed by atoms with Gasteiger partial charge in [-0.2, -0.15) is 0 Å². The molecule has 2 fully saturated rings. The Bertz CT molecular complexity index is 509. The lowest BCUT2D eigenvalue weighted by Gasteiger charge is -2.36. The number of thiophene rings is 1. The molecule has 4 nitrogen and oxygen atoms in total. The van der Waals surface area contributed by atoms with Crippen LogP contribution in [0.5, 0.6) is 0 Å². The molecule has 1 aromatic heterocycles. The maximum Gasteiger partial charge on any atom is 0.317 e. The molecule has 0 spiro atoms. The van der Waals surface area contributed by atoms with Gasteiger partial charge in [0, 0.05) is 37.6 Å². The topological polar surface area (TPSA) is 35.6 Å². The predicted molar refractivity (Wildman–Crippen MR) is 100 cm³/mol. The molecule has 0 aliphatic carbocycles. The number of carbonyl (C=O) groups excluding carboxylic acids is 1. The van der Waals surface area contributed by atoms with Crippen molar-refractivity contribution in [2.45, 2.75) is 39.7 Å². The Hall–Kier alpha value is -1.07. The van der Waals surface area contributed by atoms with Gasteiger partial charge in [-0.3, -0.25) is 4.90 Å². The summed E-state index contributed by atoms with van der Waals surface area (Å²) in [6.45, 7) is 10.5. The van der Waals surface area contributed by atoms with Crippen molar-refractivity contribution in [3.63, 3.8) is 0 Å². The minimum absolute atomic E-state index is 0.142. The number of urea groups is 1. The lowest BCUT2D eigenvalue weighted by Crippen LogP contribution is -2.49. The number of amides is 2. The molecule has 134 valence electrons. The summed E-state index contributed by atoms with van der Waals surface area (Å²) in [4.78, 5) is 18.5. The van der Waals surface area contributed by atoms with Crippen molar-refractivity contribution in [1.82, 2.24) is 15.1 Å². The molecule has 0 aromatic carbocycles. The Morgan fingerprint density at radius 1 is 1.29 bits per heavy atom. The van der Waals surface area contributed by atoms with Crippen LogP contribution in [-0.2, 0) is 6.54 Å². The fraction of sp³-hybridized carbons (Fsp3) is 0.737. The van der Waals surface area contributed by atoms with Crippen LogP contribution in [0.15, 0.2) is 17.5 Å². The van der Waals surface area contributed by atoms with Crippen LogP contribution in [0.25, 0.3) is 0 Å². The summed E-state index contributed by atoms with van der Waals surface area (Å²) in [5.74, 6) is 1.83. The molecule has 2 aliphatic rings. The number of likely N-dealkylation sites (tertiary alicyclic amines) is 2. The molecule has 3 atom stereocenters. The fourth-order valence-electron chi connectivity index (χ4n) is 4.26. The Morgan fingerprint density at radius 3 is 2.79 bits per heavy atom. The van der Waals surface area contributed by atoms with Crippen molar-refractivity contribution in [1.29, 1.82) is 0 Å². The molecule has 1 aromatic rings. The van der Waals surface area contributed by atoms with Gasteiger partial charge >= 0.3 is 6.03 Å². The van der Waals surface area contributed by atoms with Gasteiger partial charge in [0.15, 0.2) is 0 Å². The van der Waals surface area contributed by atoms with Crippen molar-refractivity contribution >= 4 is 17.4 Å².